The van der Waals surface area contributed by atoms with Crippen molar-refractivity contribution in [3.05, 3.63) is 0 Å². The molecule has 1 unspecified atom stereocenters. The highest BCUT2D eigenvalue weighted by Gasteiger charge is 2.25. The van der Waals surface area contributed by atoms with E-state index in [9.17, 15) is 4.79 Å². The molecule has 0 spiro atoms. The predicted molar refractivity (Wildman–Crippen MR) is 37.6 cm³/mol. The van der Waals surface area contributed by atoms with Crippen molar-refractivity contribution in [2.45, 2.75) is 38.9 Å². The minimum Gasteiger partial charge on any atom is -0.390 e. The second-order valence-electron chi connectivity index (χ2n) is 3.08. The molecule has 0 saturated carbocycles. The van der Waals surface area contributed by atoms with Crippen LogP contribution in [0.5, 0.6) is 0 Å². The van der Waals surface area contributed by atoms with Gasteiger partial charge in [-0.25, -0.2) is 0 Å². The molecule has 0 aromatic carbocycles. The third kappa shape index (κ3) is 3.58. The van der Waals surface area contributed by atoms with Crippen LogP contribution >= 0.6 is 0 Å². The zero-order valence-electron chi connectivity index (χ0n) is 6.59. The number of carbonyl (C=O) groups is 1. The maximum Gasteiger partial charge on any atom is 0.132 e. The quantitative estimate of drug-likeness (QED) is 0.593. The summed E-state index contributed by atoms with van der Waals surface area (Å²) >= 11 is 0. The zero-order valence-corrected chi connectivity index (χ0v) is 6.59. The van der Waals surface area contributed by atoms with Crippen molar-refractivity contribution >= 4 is 5.78 Å². The molecule has 0 radical (unpaired) electrons. The number of aliphatic hydroxyl groups is 2. The average molecular weight is 146 g/mol. The molecule has 3 nitrogen and oxygen atoms in total. The number of Topliss-reactive ketones (excluding diaryl/α,β-unsaturated/α-hetero) is 1. The smallest absolute Gasteiger partial charge is 0.132 e. The molecule has 0 saturated heterocycles. The van der Waals surface area contributed by atoms with Crippen molar-refractivity contribution in [1.29, 1.82) is 0 Å². The Morgan fingerprint density at radius 1 is 1.60 bits per heavy atom. The van der Waals surface area contributed by atoms with E-state index < -0.39 is 11.7 Å². The van der Waals surface area contributed by atoms with Crippen molar-refractivity contribution < 1.29 is 15.0 Å². The highest BCUT2D eigenvalue weighted by atomic mass is 16.3. The van der Waals surface area contributed by atoms with Crippen molar-refractivity contribution in [3.63, 3.8) is 0 Å². The lowest BCUT2D eigenvalue weighted by Gasteiger charge is -2.23. The van der Waals surface area contributed by atoms with Gasteiger partial charge in [0.05, 0.1) is 11.7 Å². The van der Waals surface area contributed by atoms with Gasteiger partial charge in [-0.3, -0.25) is 4.79 Å². The number of ketones is 1. The van der Waals surface area contributed by atoms with Gasteiger partial charge in [0.1, 0.15) is 5.78 Å². The Balaban J connectivity index is 3.85. The molecule has 0 aliphatic rings. The van der Waals surface area contributed by atoms with Crippen LogP contribution in [0.25, 0.3) is 0 Å². The van der Waals surface area contributed by atoms with Crippen molar-refractivity contribution in [1.82, 2.24) is 0 Å². The molecule has 0 fully saturated rings. The normalized spacial score (nSPS) is 14.9. The SMILES string of the molecule is CC(=O)CC(O)C(C)(C)O. The summed E-state index contributed by atoms with van der Waals surface area (Å²) in [5.74, 6) is -0.116. The van der Waals surface area contributed by atoms with E-state index >= 15 is 0 Å². The number of rotatable bonds is 3. The second-order valence-corrected chi connectivity index (χ2v) is 3.08. The number of carbonyl (C=O) groups excluding carboxylic acids is 1. The average Bonchev–Trinajstić information content (AvgIpc) is 1.60. The first-order valence-electron chi connectivity index (χ1n) is 3.24. The fourth-order valence-corrected chi connectivity index (χ4v) is 0.522. The van der Waals surface area contributed by atoms with Gasteiger partial charge in [0.15, 0.2) is 0 Å². The van der Waals surface area contributed by atoms with E-state index in [0.717, 1.165) is 0 Å². The first-order chi connectivity index (χ1) is 4.34. The monoisotopic (exact) mass is 146 g/mol. The molecule has 60 valence electrons. The second kappa shape index (κ2) is 3.12. The van der Waals surface area contributed by atoms with Gasteiger partial charge in [-0.15, -0.1) is 0 Å². The molecule has 1 atom stereocenters. The van der Waals surface area contributed by atoms with Gasteiger partial charge in [-0.05, 0) is 20.8 Å². The van der Waals surface area contributed by atoms with Crippen LogP contribution in [0, 0.1) is 0 Å². The van der Waals surface area contributed by atoms with Crippen LogP contribution in [-0.4, -0.2) is 27.7 Å². The molecular formula is C7H14O3. The Hall–Kier alpha value is -0.410. The summed E-state index contributed by atoms with van der Waals surface area (Å²) in [4.78, 5) is 10.4. The molecule has 0 rings (SSSR count). The van der Waals surface area contributed by atoms with Crippen LogP contribution in [0.15, 0.2) is 0 Å². The third-order valence-electron chi connectivity index (χ3n) is 1.30. The molecule has 0 aliphatic heterocycles. The number of aliphatic hydroxyl groups excluding tert-OH is 1. The maximum absolute atomic E-state index is 10.4. The van der Waals surface area contributed by atoms with Gasteiger partial charge >= 0.3 is 0 Å². The minimum atomic E-state index is -1.17. The van der Waals surface area contributed by atoms with Crippen LogP contribution in [0.2, 0.25) is 0 Å². The molecule has 10 heavy (non-hydrogen) atoms. The molecule has 3 heteroatoms. The molecule has 0 heterocycles. The van der Waals surface area contributed by atoms with Crippen LogP contribution < -0.4 is 0 Å². The fraction of sp³-hybridized carbons (Fsp3) is 0.857. The van der Waals surface area contributed by atoms with Crippen LogP contribution in [-0.2, 0) is 4.79 Å². The van der Waals surface area contributed by atoms with E-state index in [-0.39, 0.29) is 12.2 Å². The van der Waals surface area contributed by atoms with E-state index in [1.807, 2.05) is 0 Å². The number of hydrogen-bond acceptors (Lipinski definition) is 3. The molecule has 2 N–H and O–H groups in total. The number of hydrogen-bond donors (Lipinski definition) is 2. The molecule has 0 aromatic heterocycles. The summed E-state index contributed by atoms with van der Waals surface area (Å²) in [6.07, 6.45) is -0.936. The highest BCUT2D eigenvalue weighted by molar-refractivity contribution is 5.76. The van der Waals surface area contributed by atoms with Gasteiger partial charge in [-0.2, -0.15) is 0 Å². The molecule has 0 amide bonds. The minimum absolute atomic E-state index is 0.0174. The van der Waals surface area contributed by atoms with Crippen LogP contribution in [0.4, 0.5) is 0 Å². The Bertz CT molecular complexity index is 123. The Kier molecular flexibility index (Phi) is 2.99. The Morgan fingerprint density at radius 3 is 2.10 bits per heavy atom. The van der Waals surface area contributed by atoms with E-state index in [2.05, 4.69) is 0 Å². The van der Waals surface area contributed by atoms with Crippen molar-refractivity contribution in [3.8, 4) is 0 Å². The molecule has 0 aliphatic carbocycles. The fourth-order valence-electron chi connectivity index (χ4n) is 0.522. The summed E-state index contributed by atoms with van der Waals surface area (Å²) in [6.45, 7) is 4.33. The van der Waals surface area contributed by atoms with Crippen LogP contribution in [0.1, 0.15) is 27.2 Å². The highest BCUT2D eigenvalue weighted by Crippen LogP contribution is 2.11. The topological polar surface area (TPSA) is 57.5 Å². The zero-order chi connectivity index (χ0) is 8.36. The van der Waals surface area contributed by atoms with E-state index in [0.29, 0.717) is 0 Å². The molecule has 0 bridgehead atoms. The van der Waals surface area contributed by atoms with Crippen molar-refractivity contribution in [2.75, 3.05) is 0 Å². The Labute approximate surface area is 60.7 Å². The van der Waals surface area contributed by atoms with Gasteiger partial charge in [0.25, 0.3) is 0 Å². The van der Waals surface area contributed by atoms with Crippen LogP contribution in [0.3, 0.4) is 0 Å². The van der Waals surface area contributed by atoms with E-state index in [1.54, 1.807) is 0 Å². The lowest BCUT2D eigenvalue weighted by molar-refractivity contribution is -0.123. The van der Waals surface area contributed by atoms with Gasteiger partial charge in [0.2, 0.25) is 0 Å². The summed E-state index contributed by atoms with van der Waals surface area (Å²) in [5, 5.41) is 18.2. The lowest BCUT2D eigenvalue weighted by atomic mass is 9.98. The van der Waals surface area contributed by atoms with Gasteiger partial charge in [0, 0.05) is 6.42 Å². The lowest BCUT2D eigenvalue weighted by Crippen LogP contribution is -2.37. The van der Waals surface area contributed by atoms with E-state index in [4.69, 9.17) is 10.2 Å². The van der Waals surface area contributed by atoms with Crippen molar-refractivity contribution in [2.24, 2.45) is 0 Å². The standard InChI is InChI=1S/C7H14O3/c1-5(8)4-6(9)7(2,3)10/h6,9-10H,4H2,1-3H3. The predicted octanol–water partition coefficient (Wildman–Crippen LogP) is 0.0973. The largest absolute Gasteiger partial charge is 0.390 e. The first kappa shape index (κ1) is 9.59. The third-order valence-corrected chi connectivity index (χ3v) is 1.30. The maximum atomic E-state index is 10.4. The summed E-state index contributed by atoms with van der Waals surface area (Å²) in [7, 11) is 0. The summed E-state index contributed by atoms with van der Waals surface area (Å²) in [6, 6.07) is 0. The van der Waals surface area contributed by atoms with Gasteiger partial charge in [-0.1, -0.05) is 0 Å². The molecular weight excluding hydrogens is 132 g/mol. The summed E-state index contributed by atoms with van der Waals surface area (Å²) < 4.78 is 0. The Morgan fingerprint density at radius 2 is 2.00 bits per heavy atom. The summed E-state index contributed by atoms with van der Waals surface area (Å²) in [5.41, 5.74) is -1.17. The molecule has 0 aromatic rings. The van der Waals surface area contributed by atoms with Gasteiger partial charge < -0.3 is 10.2 Å². The van der Waals surface area contributed by atoms with E-state index in [1.165, 1.54) is 20.8 Å². The first-order valence-corrected chi connectivity index (χ1v) is 3.24.